The Bertz CT molecular complexity index is 553. The first-order chi connectivity index (χ1) is 9.74. The molecule has 2 aromatic heterocycles. The summed E-state index contributed by atoms with van der Waals surface area (Å²) in [5.74, 6) is 1.03. The van der Waals surface area contributed by atoms with E-state index in [0.29, 0.717) is 6.04 Å². The van der Waals surface area contributed by atoms with E-state index in [-0.39, 0.29) is 0 Å². The highest BCUT2D eigenvalue weighted by atomic mass is 32.1. The van der Waals surface area contributed by atoms with E-state index >= 15 is 0 Å². The predicted molar refractivity (Wildman–Crippen MR) is 83.1 cm³/mol. The molecule has 0 amide bonds. The lowest BCUT2D eigenvalue weighted by Gasteiger charge is -2.25. The molecule has 0 unspecified atom stereocenters. The number of anilines is 1. The van der Waals surface area contributed by atoms with Crippen LogP contribution in [0.4, 0.5) is 5.82 Å². The van der Waals surface area contributed by atoms with Crippen LogP contribution in [0, 0.1) is 0 Å². The van der Waals surface area contributed by atoms with Gasteiger partial charge in [0, 0.05) is 44.0 Å². The molecule has 1 atom stereocenters. The van der Waals surface area contributed by atoms with Crippen molar-refractivity contribution in [3.8, 4) is 0 Å². The predicted octanol–water partition coefficient (Wildman–Crippen LogP) is 2.94. The summed E-state index contributed by atoms with van der Waals surface area (Å²) < 4.78 is 0. The van der Waals surface area contributed by atoms with E-state index < -0.39 is 0 Å². The Morgan fingerprint density at radius 2 is 2.35 bits per heavy atom. The second-order valence-corrected chi connectivity index (χ2v) is 6.41. The summed E-state index contributed by atoms with van der Waals surface area (Å²) in [7, 11) is 4.08. The van der Waals surface area contributed by atoms with E-state index in [0.717, 1.165) is 12.4 Å². The van der Waals surface area contributed by atoms with E-state index in [9.17, 15) is 0 Å². The van der Waals surface area contributed by atoms with Gasteiger partial charge < -0.3 is 4.90 Å². The van der Waals surface area contributed by atoms with Gasteiger partial charge in [-0.2, -0.15) is 0 Å². The van der Waals surface area contributed by atoms with Crippen LogP contribution in [0.25, 0.3) is 0 Å². The molecule has 1 aliphatic rings. The highest BCUT2D eigenvalue weighted by molar-refractivity contribution is 7.09. The standard InChI is InChI=1S/C15H20N4S/c1-18(2)15-8-12(5-6-17-15)14-4-3-7-19(14)10-13-9-16-11-20-13/h5-6,8-9,11,14H,3-4,7,10H2,1-2H3/t14-/m0/s1. The van der Waals surface area contributed by atoms with Crippen molar-refractivity contribution in [3.05, 3.63) is 40.5 Å². The lowest BCUT2D eigenvalue weighted by atomic mass is 10.1. The number of nitrogens with zero attached hydrogens (tertiary/aromatic N) is 4. The molecule has 0 spiro atoms. The van der Waals surface area contributed by atoms with E-state index in [1.807, 2.05) is 32.0 Å². The Labute approximate surface area is 124 Å². The number of hydrogen-bond donors (Lipinski definition) is 0. The van der Waals surface area contributed by atoms with Crippen LogP contribution in [-0.2, 0) is 6.54 Å². The monoisotopic (exact) mass is 288 g/mol. The number of rotatable bonds is 4. The molecule has 0 bridgehead atoms. The first-order valence-corrected chi connectivity index (χ1v) is 7.86. The molecular weight excluding hydrogens is 268 g/mol. The molecule has 0 aromatic carbocycles. The fraction of sp³-hybridized carbons (Fsp3) is 0.467. The number of likely N-dealkylation sites (tertiary alicyclic amines) is 1. The van der Waals surface area contributed by atoms with Gasteiger partial charge >= 0.3 is 0 Å². The number of hydrogen-bond acceptors (Lipinski definition) is 5. The lowest BCUT2D eigenvalue weighted by Crippen LogP contribution is -2.22. The molecule has 1 saturated heterocycles. The van der Waals surface area contributed by atoms with Crippen molar-refractivity contribution in [2.75, 3.05) is 25.5 Å². The average molecular weight is 288 g/mol. The average Bonchev–Trinajstić information content (AvgIpc) is 3.11. The maximum absolute atomic E-state index is 4.41. The second kappa shape index (κ2) is 5.89. The van der Waals surface area contributed by atoms with Crippen molar-refractivity contribution >= 4 is 17.2 Å². The third kappa shape index (κ3) is 2.83. The van der Waals surface area contributed by atoms with Crippen molar-refractivity contribution in [2.24, 2.45) is 0 Å². The van der Waals surface area contributed by atoms with Crippen molar-refractivity contribution in [1.82, 2.24) is 14.9 Å². The van der Waals surface area contributed by atoms with Gasteiger partial charge in [0.05, 0.1) is 5.51 Å². The van der Waals surface area contributed by atoms with Gasteiger partial charge in [-0.25, -0.2) is 4.98 Å². The molecule has 5 heteroatoms. The number of pyridine rings is 1. The van der Waals surface area contributed by atoms with Crippen LogP contribution < -0.4 is 4.90 Å². The molecule has 3 rings (SSSR count). The fourth-order valence-electron chi connectivity index (χ4n) is 2.80. The second-order valence-electron chi connectivity index (χ2n) is 5.44. The summed E-state index contributed by atoms with van der Waals surface area (Å²) >= 11 is 1.74. The lowest BCUT2D eigenvalue weighted by molar-refractivity contribution is 0.250. The first kappa shape index (κ1) is 13.5. The largest absolute Gasteiger partial charge is 0.363 e. The Morgan fingerprint density at radius 1 is 1.45 bits per heavy atom. The molecule has 0 radical (unpaired) electrons. The third-order valence-corrected chi connectivity index (χ3v) is 4.58. The van der Waals surface area contributed by atoms with Gasteiger partial charge in [-0.3, -0.25) is 9.88 Å². The Balaban J connectivity index is 1.79. The van der Waals surface area contributed by atoms with E-state index in [4.69, 9.17) is 0 Å². The van der Waals surface area contributed by atoms with Crippen molar-refractivity contribution in [2.45, 2.75) is 25.4 Å². The summed E-state index contributed by atoms with van der Waals surface area (Å²) in [5.41, 5.74) is 3.29. The van der Waals surface area contributed by atoms with Gasteiger partial charge in [0.25, 0.3) is 0 Å². The Kier molecular flexibility index (Phi) is 3.98. The van der Waals surface area contributed by atoms with Gasteiger partial charge in [0.2, 0.25) is 0 Å². The highest BCUT2D eigenvalue weighted by Crippen LogP contribution is 2.34. The summed E-state index contributed by atoms with van der Waals surface area (Å²) in [6.45, 7) is 2.18. The summed E-state index contributed by atoms with van der Waals surface area (Å²) in [4.78, 5) is 14.6. The summed E-state index contributed by atoms with van der Waals surface area (Å²) in [6.07, 6.45) is 6.41. The van der Waals surface area contributed by atoms with Crippen LogP contribution in [-0.4, -0.2) is 35.5 Å². The van der Waals surface area contributed by atoms with Gasteiger partial charge in [-0.15, -0.1) is 11.3 Å². The molecule has 0 aliphatic carbocycles. The molecule has 2 aromatic rings. The van der Waals surface area contributed by atoms with E-state index in [1.54, 1.807) is 11.3 Å². The quantitative estimate of drug-likeness (QED) is 0.866. The van der Waals surface area contributed by atoms with Crippen LogP contribution in [0.3, 0.4) is 0 Å². The molecule has 0 N–H and O–H groups in total. The molecule has 3 heterocycles. The van der Waals surface area contributed by atoms with Crippen LogP contribution >= 0.6 is 11.3 Å². The van der Waals surface area contributed by atoms with Crippen LogP contribution in [0.1, 0.15) is 29.3 Å². The zero-order chi connectivity index (χ0) is 13.9. The molecule has 4 nitrogen and oxygen atoms in total. The zero-order valence-corrected chi connectivity index (χ0v) is 12.8. The maximum Gasteiger partial charge on any atom is 0.128 e. The smallest absolute Gasteiger partial charge is 0.128 e. The molecule has 1 aliphatic heterocycles. The molecular formula is C15H20N4S. The molecule has 1 fully saturated rings. The molecule has 106 valence electrons. The Morgan fingerprint density at radius 3 is 3.10 bits per heavy atom. The van der Waals surface area contributed by atoms with Crippen molar-refractivity contribution in [1.29, 1.82) is 0 Å². The normalized spacial score (nSPS) is 19.4. The van der Waals surface area contributed by atoms with E-state index in [1.165, 1.54) is 29.8 Å². The summed E-state index contributed by atoms with van der Waals surface area (Å²) in [6, 6.07) is 4.89. The minimum atomic E-state index is 0.513. The van der Waals surface area contributed by atoms with E-state index in [2.05, 4.69) is 31.9 Å². The Hall–Kier alpha value is -1.46. The number of thiazole rings is 1. The highest BCUT2D eigenvalue weighted by Gasteiger charge is 2.26. The summed E-state index contributed by atoms with van der Waals surface area (Å²) in [5, 5.41) is 0. The van der Waals surface area contributed by atoms with Gasteiger partial charge in [-0.05, 0) is 37.1 Å². The molecule has 20 heavy (non-hydrogen) atoms. The third-order valence-electron chi connectivity index (χ3n) is 3.82. The van der Waals surface area contributed by atoms with Crippen LogP contribution in [0.15, 0.2) is 30.0 Å². The van der Waals surface area contributed by atoms with Gasteiger partial charge in [-0.1, -0.05) is 0 Å². The number of aromatic nitrogens is 2. The van der Waals surface area contributed by atoms with Crippen molar-refractivity contribution < 1.29 is 0 Å². The van der Waals surface area contributed by atoms with Crippen molar-refractivity contribution in [3.63, 3.8) is 0 Å². The minimum Gasteiger partial charge on any atom is -0.363 e. The molecule has 0 saturated carbocycles. The fourth-order valence-corrected chi connectivity index (χ4v) is 3.42. The van der Waals surface area contributed by atoms with Gasteiger partial charge in [0.1, 0.15) is 5.82 Å². The van der Waals surface area contributed by atoms with Crippen LogP contribution in [0.5, 0.6) is 0 Å². The zero-order valence-electron chi connectivity index (χ0n) is 12.0. The van der Waals surface area contributed by atoms with Gasteiger partial charge in [0.15, 0.2) is 0 Å². The first-order valence-electron chi connectivity index (χ1n) is 6.99. The SMILES string of the molecule is CN(C)c1cc([C@@H]2CCCN2Cc2cncs2)ccn1. The minimum absolute atomic E-state index is 0.513. The maximum atomic E-state index is 4.41. The topological polar surface area (TPSA) is 32.3 Å². The van der Waals surface area contributed by atoms with Crippen LogP contribution in [0.2, 0.25) is 0 Å².